The molecule has 6 nitrogen and oxygen atoms in total. The number of amides is 1. The highest BCUT2D eigenvalue weighted by molar-refractivity contribution is 7.99. The fraction of sp³-hybridized carbons (Fsp3) is 0.471. The largest absolute Gasteiger partial charge is 0.341 e. The minimum atomic E-state index is -0.0915. The van der Waals surface area contributed by atoms with Gasteiger partial charge in [0.1, 0.15) is 0 Å². The number of halogens is 1. The minimum absolute atomic E-state index is 0.0915. The zero-order valence-electron chi connectivity index (χ0n) is 13.8. The number of carbonyl (C=O) groups excluding carboxylic acids is 1. The van der Waals surface area contributed by atoms with Crippen LogP contribution in [0.2, 0.25) is 5.02 Å². The van der Waals surface area contributed by atoms with Crippen LogP contribution >= 0.6 is 23.4 Å². The fourth-order valence-corrected chi connectivity index (χ4v) is 4.02. The molecule has 8 heteroatoms. The molecule has 1 aliphatic heterocycles. The molecule has 2 fully saturated rings. The number of hydrogen-bond donors (Lipinski definition) is 1. The smallest absolute Gasteiger partial charge is 0.234 e. The monoisotopic (exact) mass is 377 g/mol. The number of carbonyl (C=O) groups is 1. The lowest BCUT2D eigenvalue weighted by Gasteiger charge is -2.17. The lowest BCUT2D eigenvalue weighted by atomic mass is 10.3. The summed E-state index contributed by atoms with van der Waals surface area (Å²) in [6, 6.07) is 7.73. The molecule has 4 rings (SSSR count). The molecule has 1 aromatic carbocycles. The van der Waals surface area contributed by atoms with Gasteiger partial charge in [0.2, 0.25) is 11.9 Å². The highest BCUT2D eigenvalue weighted by Gasteiger charge is 2.32. The van der Waals surface area contributed by atoms with Crippen LogP contribution in [0.25, 0.3) is 0 Å². The van der Waals surface area contributed by atoms with Crippen molar-refractivity contribution in [1.29, 1.82) is 0 Å². The zero-order chi connectivity index (χ0) is 17.2. The molecule has 2 heterocycles. The van der Waals surface area contributed by atoms with Crippen LogP contribution < -0.4 is 10.2 Å². The Morgan fingerprint density at radius 2 is 2.00 bits per heavy atom. The second-order valence-electron chi connectivity index (χ2n) is 6.39. The third-order valence-electron chi connectivity index (χ3n) is 4.43. The van der Waals surface area contributed by atoms with Crippen molar-refractivity contribution < 1.29 is 4.79 Å². The van der Waals surface area contributed by atoms with Gasteiger partial charge >= 0.3 is 0 Å². The summed E-state index contributed by atoms with van der Waals surface area (Å²) in [4.78, 5) is 14.5. The number of nitrogens with one attached hydrogen (secondary N) is 1. The molecule has 25 heavy (non-hydrogen) atoms. The summed E-state index contributed by atoms with van der Waals surface area (Å²) >= 11 is 7.52. The first-order valence-corrected chi connectivity index (χ1v) is 9.96. The Balaban J connectivity index is 1.42. The molecule has 1 N–H and O–H groups in total. The van der Waals surface area contributed by atoms with E-state index in [1.807, 2.05) is 12.1 Å². The second-order valence-corrected chi connectivity index (χ2v) is 7.74. The first kappa shape index (κ1) is 16.7. The number of aromatic nitrogens is 3. The third kappa shape index (κ3) is 3.77. The van der Waals surface area contributed by atoms with Gasteiger partial charge in [-0.05, 0) is 37.8 Å². The van der Waals surface area contributed by atoms with E-state index in [2.05, 4.69) is 25.0 Å². The molecule has 1 amide bonds. The average molecular weight is 378 g/mol. The first-order valence-electron chi connectivity index (χ1n) is 8.59. The number of nitrogens with zero attached hydrogens (tertiary/aromatic N) is 4. The minimum Gasteiger partial charge on any atom is -0.341 e. The van der Waals surface area contributed by atoms with Gasteiger partial charge in [0.15, 0.2) is 5.16 Å². The Bertz CT molecular complexity index is 770. The number of rotatable bonds is 6. The Morgan fingerprint density at radius 3 is 2.72 bits per heavy atom. The Morgan fingerprint density at radius 1 is 1.24 bits per heavy atom. The van der Waals surface area contributed by atoms with Crippen molar-refractivity contribution in [1.82, 2.24) is 14.8 Å². The lowest BCUT2D eigenvalue weighted by molar-refractivity contribution is -0.113. The maximum atomic E-state index is 12.2. The number of para-hydroxylation sites is 1. The van der Waals surface area contributed by atoms with Gasteiger partial charge in [-0.15, -0.1) is 10.2 Å². The van der Waals surface area contributed by atoms with Gasteiger partial charge < -0.3 is 10.2 Å². The van der Waals surface area contributed by atoms with Crippen LogP contribution in [-0.4, -0.2) is 39.5 Å². The van der Waals surface area contributed by atoms with E-state index in [1.54, 1.807) is 12.1 Å². The Labute approximate surface area is 155 Å². The molecule has 2 aliphatic rings. The number of thioether (sulfide) groups is 1. The van der Waals surface area contributed by atoms with E-state index in [-0.39, 0.29) is 11.7 Å². The van der Waals surface area contributed by atoms with Crippen LogP contribution in [0, 0.1) is 0 Å². The summed E-state index contributed by atoms with van der Waals surface area (Å²) in [6.07, 6.45) is 4.75. The highest BCUT2D eigenvalue weighted by atomic mass is 35.5. The van der Waals surface area contributed by atoms with E-state index < -0.39 is 0 Å². The first-order chi connectivity index (χ1) is 12.2. The Hall–Kier alpha value is -1.73. The molecule has 0 spiro atoms. The molecule has 2 aromatic rings. The topological polar surface area (TPSA) is 63.1 Å². The van der Waals surface area contributed by atoms with E-state index in [1.165, 1.54) is 24.6 Å². The summed E-state index contributed by atoms with van der Waals surface area (Å²) in [6.45, 7) is 2.09. The van der Waals surface area contributed by atoms with Crippen molar-refractivity contribution in [2.24, 2.45) is 0 Å². The van der Waals surface area contributed by atoms with Crippen LogP contribution in [0.15, 0.2) is 29.4 Å². The number of benzene rings is 1. The van der Waals surface area contributed by atoms with Crippen LogP contribution in [-0.2, 0) is 4.79 Å². The molecule has 1 saturated carbocycles. The average Bonchev–Trinajstić information content (AvgIpc) is 3.13. The molecule has 0 radical (unpaired) electrons. The maximum Gasteiger partial charge on any atom is 0.234 e. The fourth-order valence-electron chi connectivity index (χ4n) is 3.03. The maximum absolute atomic E-state index is 12.2. The van der Waals surface area contributed by atoms with Gasteiger partial charge in [0.05, 0.1) is 16.5 Å². The van der Waals surface area contributed by atoms with Crippen molar-refractivity contribution in [3.05, 3.63) is 29.3 Å². The van der Waals surface area contributed by atoms with Crippen molar-refractivity contribution in [3.63, 3.8) is 0 Å². The van der Waals surface area contributed by atoms with Crippen molar-refractivity contribution in [2.75, 3.05) is 29.1 Å². The van der Waals surface area contributed by atoms with Crippen LogP contribution in [0.5, 0.6) is 0 Å². The van der Waals surface area contributed by atoms with E-state index in [4.69, 9.17) is 11.6 Å². The molecule has 0 atom stereocenters. The van der Waals surface area contributed by atoms with Crippen LogP contribution in [0.3, 0.4) is 0 Å². The highest BCUT2D eigenvalue weighted by Crippen LogP contribution is 2.41. The molecular formula is C17H20ClN5OS. The van der Waals surface area contributed by atoms with E-state index in [0.717, 1.165) is 37.0 Å². The normalized spacial score (nSPS) is 17.1. The molecule has 1 aromatic heterocycles. The SMILES string of the molecule is O=C(CSc1nnc(N2CCCC2)n1C1CC1)Nc1ccccc1Cl. The third-order valence-corrected chi connectivity index (χ3v) is 5.70. The predicted octanol–water partition coefficient (Wildman–Crippen LogP) is 3.60. The van der Waals surface area contributed by atoms with E-state index in [0.29, 0.717) is 16.8 Å². The van der Waals surface area contributed by atoms with E-state index >= 15 is 0 Å². The van der Waals surface area contributed by atoms with Crippen LogP contribution in [0.4, 0.5) is 11.6 Å². The standard InChI is InChI=1S/C17H20ClN5OS/c18-13-5-1-2-6-14(13)19-15(24)11-25-17-21-20-16(22-9-3-4-10-22)23(17)12-7-8-12/h1-2,5-6,12H,3-4,7-11H2,(H,19,24). The van der Waals surface area contributed by atoms with Gasteiger partial charge in [-0.1, -0.05) is 35.5 Å². The van der Waals surface area contributed by atoms with Gasteiger partial charge in [-0.25, -0.2) is 0 Å². The number of anilines is 2. The lowest BCUT2D eigenvalue weighted by Crippen LogP contribution is -2.22. The molecule has 0 unspecified atom stereocenters. The number of hydrogen-bond acceptors (Lipinski definition) is 5. The Kier molecular flexibility index (Phi) is 4.85. The van der Waals surface area contributed by atoms with Gasteiger partial charge in [0.25, 0.3) is 0 Å². The van der Waals surface area contributed by atoms with Crippen molar-refractivity contribution >= 4 is 40.9 Å². The summed E-state index contributed by atoms with van der Waals surface area (Å²) in [5.41, 5.74) is 0.635. The van der Waals surface area contributed by atoms with E-state index in [9.17, 15) is 4.79 Å². The quantitative estimate of drug-likeness (QED) is 0.779. The second kappa shape index (κ2) is 7.25. The van der Waals surface area contributed by atoms with Gasteiger partial charge in [-0.2, -0.15) is 0 Å². The molecular weight excluding hydrogens is 358 g/mol. The van der Waals surface area contributed by atoms with Crippen molar-refractivity contribution in [3.8, 4) is 0 Å². The van der Waals surface area contributed by atoms with Crippen molar-refractivity contribution in [2.45, 2.75) is 36.9 Å². The predicted molar refractivity (Wildman–Crippen MR) is 101 cm³/mol. The molecule has 132 valence electrons. The van der Waals surface area contributed by atoms with Crippen LogP contribution in [0.1, 0.15) is 31.7 Å². The molecule has 1 aliphatic carbocycles. The zero-order valence-corrected chi connectivity index (χ0v) is 15.4. The molecule has 0 bridgehead atoms. The summed E-state index contributed by atoms with van der Waals surface area (Å²) in [7, 11) is 0. The summed E-state index contributed by atoms with van der Waals surface area (Å²) in [5.74, 6) is 1.16. The van der Waals surface area contributed by atoms with Gasteiger partial charge in [0, 0.05) is 19.1 Å². The summed E-state index contributed by atoms with van der Waals surface area (Å²) < 4.78 is 2.22. The summed E-state index contributed by atoms with van der Waals surface area (Å²) in [5, 5.41) is 13.0. The van der Waals surface area contributed by atoms with Gasteiger partial charge in [-0.3, -0.25) is 9.36 Å². The molecule has 1 saturated heterocycles.